The summed E-state index contributed by atoms with van der Waals surface area (Å²) < 4.78 is 1.96. The van der Waals surface area contributed by atoms with Crippen molar-refractivity contribution in [1.29, 1.82) is 0 Å². The Morgan fingerprint density at radius 2 is 1.93 bits per heavy atom. The van der Waals surface area contributed by atoms with Gasteiger partial charge in [-0.1, -0.05) is 42.1 Å². The predicted octanol–water partition coefficient (Wildman–Crippen LogP) is 4.25. The van der Waals surface area contributed by atoms with Crippen molar-refractivity contribution >= 4 is 33.3 Å². The molecule has 3 aromatic heterocycles. The topological polar surface area (TPSA) is 76.5 Å². The van der Waals surface area contributed by atoms with Gasteiger partial charge in [0.05, 0.1) is 10.6 Å². The van der Waals surface area contributed by atoms with Crippen LogP contribution in [0, 0.1) is 13.8 Å². The number of hydrogen-bond donors (Lipinski definition) is 1. The van der Waals surface area contributed by atoms with Gasteiger partial charge < -0.3 is 9.55 Å². The zero-order chi connectivity index (χ0) is 19.1. The Hall–Kier alpha value is -2.45. The van der Waals surface area contributed by atoms with Crippen molar-refractivity contribution in [2.75, 3.05) is 0 Å². The molecule has 27 heavy (non-hydrogen) atoms. The summed E-state index contributed by atoms with van der Waals surface area (Å²) in [6.45, 7) is 6.00. The Morgan fingerprint density at radius 3 is 2.67 bits per heavy atom. The van der Waals surface area contributed by atoms with E-state index in [1.165, 1.54) is 11.8 Å². The summed E-state index contributed by atoms with van der Waals surface area (Å²) in [7, 11) is 1.95. The van der Waals surface area contributed by atoms with Gasteiger partial charge in [0, 0.05) is 17.5 Å². The first-order chi connectivity index (χ1) is 13.0. The smallest absolute Gasteiger partial charge is 0.259 e. The number of fused-ring (bicyclic) bond motifs is 1. The van der Waals surface area contributed by atoms with Gasteiger partial charge in [-0.25, -0.2) is 4.98 Å². The average molecular weight is 398 g/mol. The van der Waals surface area contributed by atoms with E-state index < -0.39 is 0 Å². The summed E-state index contributed by atoms with van der Waals surface area (Å²) in [4.78, 5) is 22.1. The second kappa shape index (κ2) is 6.94. The maximum Gasteiger partial charge on any atom is 0.259 e. The molecule has 0 aliphatic heterocycles. The molecule has 8 heteroatoms. The van der Waals surface area contributed by atoms with E-state index in [-0.39, 0.29) is 10.8 Å². The maximum atomic E-state index is 12.5. The number of benzene rings is 1. The lowest BCUT2D eigenvalue weighted by Gasteiger charge is -2.10. The van der Waals surface area contributed by atoms with Crippen molar-refractivity contribution in [1.82, 2.24) is 24.7 Å². The number of aromatic amines is 1. The molecule has 3 heterocycles. The molecule has 0 fully saturated rings. The number of nitrogens with zero attached hydrogens (tertiary/aromatic N) is 4. The third kappa shape index (κ3) is 3.19. The molecule has 0 aliphatic carbocycles. The first-order valence-electron chi connectivity index (χ1n) is 8.57. The van der Waals surface area contributed by atoms with Crippen LogP contribution in [0.5, 0.6) is 0 Å². The summed E-state index contributed by atoms with van der Waals surface area (Å²) in [5.74, 6) is 1.47. The highest BCUT2D eigenvalue weighted by Gasteiger charge is 2.19. The molecule has 0 spiro atoms. The van der Waals surface area contributed by atoms with E-state index in [1.54, 1.807) is 11.3 Å². The van der Waals surface area contributed by atoms with Crippen LogP contribution < -0.4 is 5.56 Å². The summed E-state index contributed by atoms with van der Waals surface area (Å²) in [5, 5.41) is 10.1. The summed E-state index contributed by atoms with van der Waals surface area (Å²) >= 11 is 3.09. The van der Waals surface area contributed by atoms with E-state index in [0.29, 0.717) is 11.2 Å². The van der Waals surface area contributed by atoms with Crippen LogP contribution in [0.25, 0.3) is 21.6 Å². The Balaban J connectivity index is 1.65. The molecule has 138 valence electrons. The van der Waals surface area contributed by atoms with Gasteiger partial charge in [-0.2, -0.15) is 0 Å². The monoisotopic (exact) mass is 397 g/mol. The second-order valence-electron chi connectivity index (χ2n) is 6.41. The van der Waals surface area contributed by atoms with Crippen LogP contribution >= 0.6 is 23.1 Å². The van der Waals surface area contributed by atoms with Crippen molar-refractivity contribution < 1.29 is 0 Å². The van der Waals surface area contributed by atoms with Crippen LogP contribution in [-0.2, 0) is 7.05 Å². The number of aromatic nitrogens is 5. The molecule has 0 bridgehead atoms. The lowest BCUT2D eigenvalue weighted by molar-refractivity contribution is 0.786. The van der Waals surface area contributed by atoms with Crippen molar-refractivity contribution in [2.45, 2.75) is 31.2 Å². The lowest BCUT2D eigenvalue weighted by atomic mass is 10.2. The van der Waals surface area contributed by atoms with Gasteiger partial charge in [0.2, 0.25) is 0 Å². The molecular weight excluding hydrogens is 378 g/mol. The molecule has 0 saturated heterocycles. The van der Waals surface area contributed by atoms with Crippen molar-refractivity contribution in [3.63, 3.8) is 0 Å². The Bertz CT molecular complexity index is 1180. The first kappa shape index (κ1) is 17.9. The van der Waals surface area contributed by atoms with Crippen molar-refractivity contribution in [3.8, 4) is 11.4 Å². The molecule has 0 radical (unpaired) electrons. The standard InChI is InChI=1S/C19H19N5OS2/c1-10-11(2)26-18-14(10)17(25)20-15(21-18)12(3)27-19-23-22-16(24(19)4)13-8-6-5-7-9-13/h5-9,12H,1-4H3,(H,20,21,25)/t12-/m0/s1. The highest BCUT2D eigenvalue weighted by Crippen LogP contribution is 2.34. The third-order valence-electron chi connectivity index (χ3n) is 4.59. The summed E-state index contributed by atoms with van der Waals surface area (Å²) in [5.41, 5.74) is 1.95. The van der Waals surface area contributed by atoms with E-state index in [2.05, 4.69) is 15.2 Å². The normalized spacial score (nSPS) is 12.6. The fourth-order valence-electron chi connectivity index (χ4n) is 2.93. The molecule has 0 saturated carbocycles. The van der Waals surface area contributed by atoms with Crippen LogP contribution in [0.15, 0.2) is 40.3 Å². The van der Waals surface area contributed by atoms with Crippen LogP contribution in [-0.4, -0.2) is 24.7 Å². The number of thiophene rings is 1. The molecule has 0 amide bonds. The number of hydrogen-bond acceptors (Lipinski definition) is 6. The van der Waals surface area contributed by atoms with E-state index in [9.17, 15) is 4.79 Å². The average Bonchev–Trinajstić information content (AvgIpc) is 3.16. The van der Waals surface area contributed by atoms with Crippen LogP contribution in [0.1, 0.15) is 28.4 Å². The quantitative estimate of drug-likeness (QED) is 0.521. The molecular formula is C19H19N5OS2. The van der Waals surface area contributed by atoms with Crippen LogP contribution in [0.2, 0.25) is 0 Å². The van der Waals surface area contributed by atoms with Gasteiger partial charge in [-0.05, 0) is 26.3 Å². The fourth-order valence-corrected chi connectivity index (χ4v) is 4.84. The molecule has 0 unspecified atom stereocenters. The number of nitrogens with one attached hydrogen (secondary N) is 1. The number of thioether (sulfide) groups is 1. The maximum absolute atomic E-state index is 12.5. The Kier molecular flexibility index (Phi) is 4.61. The van der Waals surface area contributed by atoms with E-state index in [0.717, 1.165) is 31.8 Å². The molecule has 0 aliphatic rings. The van der Waals surface area contributed by atoms with Gasteiger partial charge in [-0.15, -0.1) is 21.5 Å². The second-order valence-corrected chi connectivity index (χ2v) is 8.92. The van der Waals surface area contributed by atoms with Gasteiger partial charge in [0.1, 0.15) is 10.7 Å². The van der Waals surface area contributed by atoms with E-state index >= 15 is 0 Å². The lowest BCUT2D eigenvalue weighted by Crippen LogP contribution is -2.12. The molecule has 1 aromatic carbocycles. The minimum absolute atomic E-state index is 0.0589. The molecule has 6 nitrogen and oxygen atoms in total. The Morgan fingerprint density at radius 1 is 1.19 bits per heavy atom. The highest BCUT2D eigenvalue weighted by atomic mass is 32.2. The number of rotatable bonds is 4. The number of aryl methyl sites for hydroxylation is 2. The van der Waals surface area contributed by atoms with E-state index in [1.807, 2.05) is 62.7 Å². The molecule has 4 aromatic rings. The molecule has 4 rings (SSSR count). The largest absolute Gasteiger partial charge is 0.309 e. The van der Waals surface area contributed by atoms with Crippen molar-refractivity contribution in [2.24, 2.45) is 7.05 Å². The third-order valence-corrected chi connectivity index (χ3v) is 6.84. The van der Waals surface area contributed by atoms with Gasteiger partial charge in [-0.3, -0.25) is 4.79 Å². The summed E-state index contributed by atoms with van der Waals surface area (Å²) in [6, 6.07) is 9.96. The molecule has 1 atom stereocenters. The highest BCUT2D eigenvalue weighted by molar-refractivity contribution is 7.99. The number of H-pyrrole nitrogens is 1. The molecule has 1 N–H and O–H groups in total. The van der Waals surface area contributed by atoms with Gasteiger partial charge in [0.25, 0.3) is 5.56 Å². The van der Waals surface area contributed by atoms with Crippen LogP contribution in [0.3, 0.4) is 0 Å². The SMILES string of the molecule is Cc1sc2nc([C@H](C)Sc3nnc(-c4ccccc4)n3C)[nH]c(=O)c2c1C. The van der Waals surface area contributed by atoms with Crippen LogP contribution in [0.4, 0.5) is 0 Å². The minimum Gasteiger partial charge on any atom is -0.309 e. The van der Waals surface area contributed by atoms with Gasteiger partial charge >= 0.3 is 0 Å². The minimum atomic E-state index is -0.0766. The van der Waals surface area contributed by atoms with Gasteiger partial charge in [0.15, 0.2) is 11.0 Å². The first-order valence-corrected chi connectivity index (χ1v) is 10.3. The Labute approximate surface area is 164 Å². The zero-order valence-corrected chi connectivity index (χ0v) is 17.1. The van der Waals surface area contributed by atoms with Crippen molar-refractivity contribution in [3.05, 3.63) is 57.0 Å². The summed E-state index contributed by atoms with van der Waals surface area (Å²) in [6.07, 6.45) is 0. The fraction of sp³-hybridized carbons (Fsp3) is 0.263. The predicted molar refractivity (Wildman–Crippen MR) is 110 cm³/mol. The van der Waals surface area contributed by atoms with E-state index in [4.69, 9.17) is 4.98 Å². The zero-order valence-electron chi connectivity index (χ0n) is 15.5.